The van der Waals surface area contributed by atoms with Crippen molar-refractivity contribution >= 4 is 39.9 Å². The van der Waals surface area contributed by atoms with E-state index < -0.39 is 0 Å². The van der Waals surface area contributed by atoms with Gasteiger partial charge in [-0.3, -0.25) is 10.1 Å². The Kier molecular flexibility index (Phi) is 4.63. The first kappa shape index (κ1) is 18.6. The van der Waals surface area contributed by atoms with Crippen molar-refractivity contribution in [1.82, 2.24) is 19.9 Å². The molecular formula is C22H19N5O2S. The SMILES string of the molecule is COc1cccc2c(C)nc(Nc3ncc4c(n3)CC(c3cccs3)CC4=O)nc12. The zero-order valence-corrected chi connectivity index (χ0v) is 17.4. The van der Waals surface area contributed by atoms with E-state index in [1.54, 1.807) is 24.6 Å². The number of carbonyl (C=O) groups is 1. The summed E-state index contributed by atoms with van der Waals surface area (Å²) < 4.78 is 5.44. The second-order valence-corrected chi connectivity index (χ2v) is 8.19. The molecule has 1 aromatic carbocycles. The van der Waals surface area contributed by atoms with Gasteiger partial charge >= 0.3 is 0 Å². The number of thiophene rings is 1. The summed E-state index contributed by atoms with van der Waals surface area (Å²) in [6.07, 6.45) is 2.81. The Morgan fingerprint density at radius 1 is 1.10 bits per heavy atom. The summed E-state index contributed by atoms with van der Waals surface area (Å²) in [6, 6.07) is 9.83. The van der Waals surface area contributed by atoms with Crippen LogP contribution in [0.15, 0.2) is 41.9 Å². The fourth-order valence-corrected chi connectivity index (χ4v) is 4.66. The van der Waals surface area contributed by atoms with Crippen LogP contribution in [-0.4, -0.2) is 32.8 Å². The Bertz CT molecular complexity index is 1260. The molecule has 0 amide bonds. The number of fused-ring (bicyclic) bond motifs is 2. The number of carbonyl (C=O) groups excluding carboxylic acids is 1. The Labute approximate surface area is 177 Å². The number of rotatable bonds is 4. The maximum atomic E-state index is 12.6. The number of Topliss-reactive ketones (excluding diaryl/α,β-unsaturated/α-hetero) is 1. The standard InChI is InChI=1S/C22H19N5O2S/c1-12-14-5-3-6-18(29-2)20(14)26-22(24-12)27-21-23-11-15-16(25-21)9-13(10-17(15)28)19-7-4-8-30-19/h3-8,11,13H,9-10H2,1-2H3,(H,23,24,25,26,27). The summed E-state index contributed by atoms with van der Waals surface area (Å²) in [4.78, 5) is 31.9. The van der Waals surface area contributed by atoms with Gasteiger partial charge in [0.05, 0.1) is 24.1 Å². The highest BCUT2D eigenvalue weighted by Crippen LogP contribution is 2.34. The van der Waals surface area contributed by atoms with Crippen LogP contribution in [0.2, 0.25) is 0 Å². The predicted molar refractivity (Wildman–Crippen MR) is 116 cm³/mol. The molecule has 0 bridgehead atoms. The number of aromatic nitrogens is 4. The van der Waals surface area contributed by atoms with Gasteiger partial charge in [0.1, 0.15) is 11.3 Å². The number of hydrogen-bond donors (Lipinski definition) is 1. The largest absolute Gasteiger partial charge is 0.494 e. The topological polar surface area (TPSA) is 89.9 Å². The van der Waals surface area contributed by atoms with Crippen molar-refractivity contribution in [1.29, 1.82) is 0 Å². The van der Waals surface area contributed by atoms with Crippen LogP contribution in [0, 0.1) is 6.92 Å². The quantitative estimate of drug-likeness (QED) is 0.524. The molecule has 150 valence electrons. The molecule has 5 rings (SSSR count). The molecule has 3 heterocycles. The summed E-state index contributed by atoms with van der Waals surface area (Å²) in [5, 5.41) is 6.06. The van der Waals surface area contributed by atoms with E-state index in [1.807, 2.05) is 36.6 Å². The van der Waals surface area contributed by atoms with E-state index in [0.29, 0.717) is 36.1 Å². The first-order chi connectivity index (χ1) is 14.6. The number of nitrogens with zero attached hydrogens (tertiary/aromatic N) is 4. The summed E-state index contributed by atoms with van der Waals surface area (Å²) in [5.41, 5.74) is 2.91. The minimum absolute atomic E-state index is 0.0868. The van der Waals surface area contributed by atoms with Gasteiger partial charge in [-0.2, -0.15) is 0 Å². The van der Waals surface area contributed by atoms with Crippen molar-refractivity contribution in [2.45, 2.75) is 25.7 Å². The number of aryl methyl sites for hydroxylation is 1. The molecule has 0 saturated heterocycles. The van der Waals surface area contributed by atoms with E-state index in [9.17, 15) is 4.79 Å². The van der Waals surface area contributed by atoms with Crippen LogP contribution in [0.3, 0.4) is 0 Å². The number of anilines is 2. The minimum atomic E-state index is 0.0868. The van der Waals surface area contributed by atoms with Gasteiger partial charge in [0.15, 0.2) is 5.78 Å². The van der Waals surface area contributed by atoms with Crippen molar-refractivity contribution in [2.75, 3.05) is 12.4 Å². The van der Waals surface area contributed by atoms with E-state index in [0.717, 1.165) is 22.3 Å². The lowest BCUT2D eigenvalue weighted by Crippen LogP contribution is -2.20. The zero-order valence-electron chi connectivity index (χ0n) is 16.5. The fraction of sp³-hybridized carbons (Fsp3) is 0.227. The third-order valence-electron chi connectivity index (χ3n) is 5.31. The fourth-order valence-electron chi connectivity index (χ4n) is 3.83. The van der Waals surface area contributed by atoms with Gasteiger partial charge in [-0.1, -0.05) is 18.2 Å². The van der Waals surface area contributed by atoms with Gasteiger partial charge in [-0.15, -0.1) is 11.3 Å². The smallest absolute Gasteiger partial charge is 0.230 e. The molecule has 0 saturated carbocycles. The van der Waals surface area contributed by atoms with Gasteiger partial charge in [0, 0.05) is 28.8 Å². The van der Waals surface area contributed by atoms with E-state index >= 15 is 0 Å². The predicted octanol–water partition coefficient (Wildman–Crippen LogP) is 4.45. The Balaban J connectivity index is 1.48. The Morgan fingerprint density at radius 2 is 2.00 bits per heavy atom. The molecule has 3 aromatic heterocycles. The normalized spacial score (nSPS) is 15.8. The molecular weight excluding hydrogens is 398 g/mol. The minimum Gasteiger partial charge on any atom is -0.494 e. The monoisotopic (exact) mass is 417 g/mol. The first-order valence-corrected chi connectivity index (χ1v) is 10.5. The van der Waals surface area contributed by atoms with Crippen LogP contribution >= 0.6 is 11.3 Å². The number of ether oxygens (including phenoxy) is 1. The maximum absolute atomic E-state index is 12.6. The number of benzene rings is 1. The van der Waals surface area contributed by atoms with E-state index in [-0.39, 0.29) is 11.7 Å². The maximum Gasteiger partial charge on any atom is 0.230 e. The second-order valence-electron chi connectivity index (χ2n) is 7.21. The molecule has 1 aliphatic rings. The van der Waals surface area contributed by atoms with Crippen molar-refractivity contribution in [3.05, 3.63) is 63.7 Å². The average molecular weight is 417 g/mol. The second kappa shape index (κ2) is 7.46. The van der Waals surface area contributed by atoms with Crippen LogP contribution < -0.4 is 10.1 Å². The lowest BCUT2D eigenvalue weighted by atomic mass is 9.86. The molecule has 0 fully saturated rings. The zero-order chi connectivity index (χ0) is 20.7. The highest BCUT2D eigenvalue weighted by molar-refractivity contribution is 7.10. The molecule has 1 aliphatic carbocycles. The lowest BCUT2D eigenvalue weighted by Gasteiger charge is -2.22. The number of ketones is 1. The molecule has 1 atom stereocenters. The first-order valence-electron chi connectivity index (χ1n) is 9.63. The van der Waals surface area contributed by atoms with Crippen molar-refractivity contribution < 1.29 is 9.53 Å². The molecule has 1 N–H and O–H groups in total. The van der Waals surface area contributed by atoms with Gasteiger partial charge in [0.25, 0.3) is 0 Å². The molecule has 1 unspecified atom stereocenters. The summed E-state index contributed by atoms with van der Waals surface area (Å²) >= 11 is 1.68. The average Bonchev–Trinajstić information content (AvgIpc) is 3.28. The van der Waals surface area contributed by atoms with Crippen LogP contribution in [0.4, 0.5) is 11.9 Å². The molecule has 0 spiro atoms. The van der Waals surface area contributed by atoms with E-state index in [4.69, 9.17) is 4.74 Å². The highest BCUT2D eigenvalue weighted by Gasteiger charge is 2.28. The van der Waals surface area contributed by atoms with Crippen LogP contribution in [-0.2, 0) is 6.42 Å². The number of hydrogen-bond acceptors (Lipinski definition) is 8. The van der Waals surface area contributed by atoms with Crippen molar-refractivity contribution in [3.8, 4) is 5.75 Å². The van der Waals surface area contributed by atoms with Gasteiger partial charge in [-0.25, -0.2) is 19.9 Å². The molecule has 4 aromatic rings. The summed E-state index contributed by atoms with van der Waals surface area (Å²) in [7, 11) is 1.62. The van der Waals surface area contributed by atoms with Gasteiger partial charge < -0.3 is 4.74 Å². The molecule has 0 radical (unpaired) electrons. The summed E-state index contributed by atoms with van der Waals surface area (Å²) in [6.45, 7) is 1.92. The highest BCUT2D eigenvalue weighted by atomic mass is 32.1. The lowest BCUT2D eigenvalue weighted by molar-refractivity contribution is 0.0963. The van der Waals surface area contributed by atoms with E-state index in [2.05, 4.69) is 31.3 Å². The van der Waals surface area contributed by atoms with Crippen LogP contribution in [0.25, 0.3) is 10.9 Å². The molecule has 7 nitrogen and oxygen atoms in total. The number of nitrogens with one attached hydrogen (secondary N) is 1. The molecule has 30 heavy (non-hydrogen) atoms. The van der Waals surface area contributed by atoms with Gasteiger partial charge in [0.2, 0.25) is 11.9 Å². The Morgan fingerprint density at radius 3 is 2.80 bits per heavy atom. The summed E-state index contributed by atoms with van der Waals surface area (Å²) in [5.74, 6) is 1.69. The number of methoxy groups -OCH3 is 1. The third-order valence-corrected chi connectivity index (χ3v) is 6.34. The molecule has 0 aliphatic heterocycles. The number of para-hydroxylation sites is 1. The van der Waals surface area contributed by atoms with Crippen molar-refractivity contribution in [3.63, 3.8) is 0 Å². The Hall–Kier alpha value is -3.39. The molecule has 8 heteroatoms. The third kappa shape index (κ3) is 3.29. The van der Waals surface area contributed by atoms with Crippen LogP contribution in [0.5, 0.6) is 5.75 Å². The van der Waals surface area contributed by atoms with Crippen LogP contribution in [0.1, 0.15) is 39.0 Å². The van der Waals surface area contributed by atoms with E-state index in [1.165, 1.54) is 4.88 Å². The van der Waals surface area contributed by atoms with Gasteiger partial charge in [-0.05, 0) is 30.9 Å². The van der Waals surface area contributed by atoms with Crippen molar-refractivity contribution in [2.24, 2.45) is 0 Å².